The lowest BCUT2D eigenvalue weighted by Crippen LogP contribution is -2.15. The number of halogens is 2. The van der Waals surface area contributed by atoms with E-state index in [4.69, 9.17) is 5.73 Å². The van der Waals surface area contributed by atoms with Gasteiger partial charge in [-0.25, -0.2) is 8.78 Å². The molecule has 2 aromatic rings. The van der Waals surface area contributed by atoms with E-state index in [-0.39, 0.29) is 12.5 Å². The third-order valence-electron chi connectivity index (χ3n) is 3.04. The highest BCUT2D eigenvalue weighted by Gasteiger charge is 2.12. The monoisotopic (exact) mass is 247 g/mol. The predicted molar refractivity (Wildman–Crippen MR) is 68.2 cm³/mol. The maximum absolute atomic E-state index is 13.5. The second kappa shape index (κ2) is 5.27. The van der Waals surface area contributed by atoms with E-state index in [1.54, 1.807) is 0 Å². The van der Waals surface area contributed by atoms with Crippen LogP contribution in [0.5, 0.6) is 0 Å². The minimum atomic E-state index is -0.441. The van der Waals surface area contributed by atoms with Gasteiger partial charge in [0.2, 0.25) is 0 Å². The van der Waals surface area contributed by atoms with Gasteiger partial charge in [-0.3, -0.25) is 0 Å². The summed E-state index contributed by atoms with van der Waals surface area (Å²) < 4.78 is 26.6. The molecule has 2 N–H and O–H groups in total. The molecule has 0 saturated heterocycles. The first-order chi connectivity index (χ1) is 8.58. The van der Waals surface area contributed by atoms with E-state index < -0.39 is 11.6 Å². The van der Waals surface area contributed by atoms with E-state index in [2.05, 4.69) is 0 Å². The van der Waals surface area contributed by atoms with Crippen LogP contribution in [0, 0.1) is 18.6 Å². The van der Waals surface area contributed by atoms with E-state index >= 15 is 0 Å². The predicted octanol–water partition coefficient (Wildman–Crippen LogP) is 3.52. The van der Waals surface area contributed by atoms with Crippen molar-refractivity contribution in [3.05, 3.63) is 70.8 Å². The van der Waals surface area contributed by atoms with Crippen molar-refractivity contribution in [3.8, 4) is 0 Å². The molecular weight excluding hydrogens is 232 g/mol. The molecule has 0 aliphatic heterocycles. The summed E-state index contributed by atoms with van der Waals surface area (Å²) in [6, 6.07) is 10.8. The third-order valence-corrected chi connectivity index (χ3v) is 3.04. The molecule has 0 radical (unpaired) electrons. The SMILES string of the molecule is Cc1ccccc1C(N)Cc1cc(F)ccc1F. The summed E-state index contributed by atoms with van der Waals surface area (Å²) in [6.45, 7) is 1.96. The summed E-state index contributed by atoms with van der Waals surface area (Å²) in [7, 11) is 0. The van der Waals surface area contributed by atoms with Gasteiger partial charge in [0.15, 0.2) is 0 Å². The van der Waals surface area contributed by atoms with Crippen molar-refractivity contribution in [2.75, 3.05) is 0 Å². The van der Waals surface area contributed by atoms with Gasteiger partial charge in [0.25, 0.3) is 0 Å². The molecule has 0 fully saturated rings. The Morgan fingerprint density at radius 3 is 2.56 bits per heavy atom. The average Bonchev–Trinajstić information content (AvgIpc) is 2.34. The number of benzene rings is 2. The number of nitrogens with two attached hydrogens (primary N) is 1. The van der Waals surface area contributed by atoms with Crippen LogP contribution >= 0.6 is 0 Å². The summed E-state index contributed by atoms with van der Waals surface area (Å²) in [4.78, 5) is 0. The zero-order chi connectivity index (χ0) is 13.1. The summed E-state index contributed by atoms with van der Waals surface area (Å²) >= 11 is 0. The molecule has 0 spiro atoms. The van der Waals surface area contributed by atoms with E-state index in [0.29, 0.717) is 5.56 Å². The van der Waals surface area contributed by atoms with Gasteiger partial charge in [-0.1, -0.05) is 24.3 Å². The molecular formula is C15H15F2N. The fourth-order valence-electron chi connectivity index (χ4n) is 2.05. The summed E-state index contributed by atoms with van der Waals surface area (Å²) in [5.74, 6) is -0.858. The summed E-state index contributed by atoms with van der Waals surface area (Å²) in [5.41, 5.74) is 8.39. The molecule has 2 aromatic carbocycles. The van der Waals surface area contributed by atoms with Crippen molar-refractivity contribution in [1.82, 2.24) is 0 Å². The Kier molecular flexibility index (Phi) is 3.72. The molecule has 0 aromatic heterocycles. The van der Waals surface area contributed by atoms with Crippen LogP contribution in [-0.2, 0) is 6.42 Å². The molecule has 0 saturated carbocycles. The zero-order valence-corrected chi connectivity index (χ0v) is 10.2. The fourth-order valence-corrected chi connectivity index (χ4v) is 2.05. The summed E-state index contributed by atoms with van der Waals surface area (Å²) in [6.07, 6.45) is 0.286. The standard InChI is InChI=1S/C15H15F2N/c1-10-4-2-3-5-13(10)15(18)9-11-8-12(16)6-7-14(11)17/h2-8,15H,9,18H2,1H3. The van der Waals surface area contributed by atoms with Gasteiger partial charge in [-0.15, -0.1) is 0 Å². The van der Waals surface area contributed by atoms with Gasteiger partial charge in [-0.2, -0.15) is 0 Å². The van der Waals surface area contributed by atoms with Crippen LogP contribution in [0.1, 0.15) is 22.7 Å². The zero-order valence-electron chi connectivity index (χ0n) is 10.2. The smallest absolute Gasteiger partial charge is 0.126 e. The Labute approximate surface area is 105 Å². The van der Waals surface area contributed by atoms with Crippen molar-refractivity contribution in [3.63, 3.8) is 0 Å². The first-order valence-corrected chi connectivity index (χ1v) is 5.83. The van der Waals surface area contributed by atoms with Crippen LogP contribution in [0.4, 0.5) is 8.78 Å². The highest BCUT2D eigenvalue weighted by atomic mass is 19.1. The lowest BCUT2D eigenvalue weighted by molar-refractivity contribution is 0.572. The number of rotatable bonds is 3. The molecule has 1 nitrogen and oxygen atoms in total. The van der Waals surface area contributed by atoms with Crippen LogP contribution < -0.4 is 5.73 Å². The second-order valence-electron chi connectivity index (χ2n) is 4.40. The van der Waals surface area contributed by atoms with Crippen molar-refractivity contribution >= 4 is 0 Å². The van der Waals surface area contributed by atoms with Crippen LogP contribution in [0.25, 0.3) is 0 Å². The van der Waals surface area contributed by atoms with Crippen molar-refractivity contribution in [2.24, 2.45) is 5.73 Å². The molecule has 3 heteroatoms. The van der Waals surface area contributed by atoms with Gasteiger partial charge in [0.1, 0.15) is 11.6 Å². The van der Waals surface area contributed by atoms with Crippen LogP contribution in [-0.4, -0.2) is 0 Å². The van der Waals surface area contributed by atoms with Gasteiger partial charge >= 0.3 is 0 Å². The Balaban J connectivity index is 2.24. The molecule has 2 rings (SSSR count). The van der Waals surface area contributed by atoms with Crippen molar-refractivity contribution in [2.45, 2.75) is 19.4 Å². The molecule has 0 aliphatic rings. The van der Waals surface area contributed by atoms with Gasteiger partial charge in [0.05, 0.1) is 0 Å². The highest BCUT2D eigenvalue weighted by Crippen LogP contribution is 2.21. The quantitative estimate of drug-likeness (QED) is 0.882. The molecule has 94 valence electrons. The van der Waals surface area contributed by atoms with E-state index in [1.807, 2.05) is 31.2 Å². The van der Waals surface area contributed by atoms with Crippen LogP contribution in [0.2, 0.25) is 0 Å². The number of hydrogen-bond donors (Lipinski definition) is 1. The number of hydrogen-bond acceptors (Lipinski definition) is 1. The van der Waals surface area contributed by atoms with E-state index in [0.717, 1.165) is 23.3 Å². The molecule has 1 unspecified atom stereocenters. The van der Waals surface area contributed by atoms with Gasteiger partial charge in [0, 0.05) is 6.04 Å². The normalized spacial score (nSPS) is 12.4. The molecule has 0 heterocycles. The topological polar surface area (TPSA) is 26.0 Å². The fraction of sp³-hybridized carbons (Fsp3) is 0.200. The molecule has 1 atom stereocenters. The average molecular weight is 247 g/mol. The van der Waals surface area contributed by atoms with Crippen LogP contribution in [0.3, 0.4) is 0 Å². The minimum absolute atomic E-state index is 0.286. The highest BCUT2D eigenvalue weighted by molar-refractivity contribution is 5.30. The first-order valence-electron chi connectivity index (χ1n) is 5.83. The van der Waals surface area contributed by atoms with E-state index in [1.165, 1.54) is 6.07 Å². The molecule has 0 amide bonds. The molecule has 0 bridgehead atoms. The Hall–Kier alpha value is -1.74. The maximum atomic E-state index is 13.5. The summed E-state index contributed by atoms with van der Waals surface area (Å²) in [5, 5.41) is 0. The lowest BCUT2D eigenvalue weighted by atomic mass is 9.96. The largest absolute Gasteiger partial charge is 0.324 e. The lowest BCUT2D eigenvalue weighted by Gasteiger charge is -2.15. The van der Waals surface area contributed by atoms with Gasteiger partial charge in [-0.05, 0) is 48.2 Å². The Bertz CT molecular complexity index is 552. The molecule has 0 aliphatic carbocycles. The molecule has 18 heavy (non-hydrogen) atoms. The first kappa shape index (κ1) is 12.7. The Morgan fingerprint density at radius 1 is 1.11 bits per heavy atom. The van der Waals surface area contributed by atoms with Crippen molar-refractivity contribution < 1.29 is 8.78 Å². The Morgan fingerprint density at radius 2 is 1.83 bits per heavy atom. The van der Waals surface area contributed by atoms with Crippen LogP contribution in [0.15, 0.2) is 42.5 Å². The third kappa shape index (κ3) is 2.74. The second-order valence-corrected chi connectivity index (χ2v) is 4.40. The van der Waals surface area contributed by atoms with Crippen molar-refractivity contribution in [1.29, 1.82) is 0 Å². The minimum Gasteiger partial charge on any atom is -0.324 e. The van der Waals surface area contributed by atoms with E-state index in [9.17, 15) is 8.78 Å². The maximum Gasteiger partial charge on any atom is 0.126 e. The number of aryl methyl sites for hydroxylation is 1. The van der Waals surface area contributed by atoms with Gasteiger partial charge < -0.3 is 5.73 Å².